The summed E-state index contributed by atoms with van der Waals surface area (Å²) in [7, 11) is 0. The molecule has 0 heterocycles. The monoisotopic (exact) mass is 458 g/mol. The Morgan fingerprint density at radius 2 is 1.62 bits per heavy atom. The second-order valence-corrected chi connectivity index (χ2v) is 4.38. The van der Waals surface area contributed by atoms with Crippen molar-refractivity contribution in [1.82, 2.24) is 0 Å². The van der Waals surface area contributed by atoms with Crippen LogP contribution in [-0.4, -0.2) is 23.1 Å². The third-order valence-electron chi connectivity index (χ3n) is 2.51. The molecule has 3 heteroatoms. The van der Waals surface area contributed by atoms with Crippen molar-refractivity contribution in [2.24, 2.45) is 11.8 Å². The second kappa shape index (κ2) is 16.7. The van der Waals surface area contributed by atoms with Gasteiger partial charge in [0.1, 0.15) is 0 Å². The molecule has 0 radical (unpaired) electrons. The predicted molar refractivity (Wildman–Crippen MR) is 67.6 cm³/mol. The van der Waals surface area contributed by atoms with Gasteiger partial charge in [0.25, 0.3) is 0 Å². The minimum absolute atomic E-state index is 0. The molecule has 0 aromatic heterocycles. The zero-order chi connectivity index (χ0) is 10.3. The fraction of sp³-hybridized carbons (Fsp3) is 0.692. The SMILES string of the molecule is C=CCCC(CCC(C)C)C(=C)C.[I-].[I-].[Mg+2]. The minimum Gasteiger partial charge on any atom is -1.00 e. The molecule has 0 aliphatic carbocycles. The molecule has 1 unspecified atom stereocenters. The van der Waals surface area contributed by atoms with E-state index in [4.69, 9.17) is 0 Å². The van der Waals surface area contributed by atoms with E-state index in [2.05, 4.69) is 33.9 Å². The molecule has 0 saturated carbocycles. The zero-order valence-corrected chi connectivity index (χ0v) is 16.7. The van der Waals surface area contributed by atoms with Gasteiger partial charge >= 0.3 is 23.1 Å². The number of hydrogen-bond acceptors (Lipinski definition) is 0. The Kier molecular flexibility index (Phi) is 27.5. The van der Waals surface area contributed by atoms with Crippen LogP contribution in [0.2, 0.25) is 0 Å². The van der Waals surface area contributed by atoms with Crippen LogP contribution in [0.3, 0.4) is 0 Å². The van der Waals surface area contributed by atoms with Gasteiger partial charge in [-0.15, -0.1) is 6.58 Å². The van der Waals surface area contributed by atoms with E-state index in [9.17, 15) is 0 Å². The predicted octanol–water partition coefficient (Wildman–Crippen LogP) is -1.79. The van der Waals surface area contributed by atoms with Crippen molar-refractivity contribution in [3.63, 3.8) is 0 Å². The van der Waals surface area contributed by atoms with Crippen molar-refractivity contribution < 1.29 is 48.0 Å². The largest absolute Gasteiger partial charge is 2.00 e. The van der Waals surface area contributed by atoms with E-state index in [1.54, 1.807) is 0 Å². The Morgan fingerprint density at radius 1 is 1.12 bits per heavy atom. The van der Waals surface area contributed by atoms with Crippen molar-refractivity contribution in [3.05, 3.63) is 24.8 Å². The van der Waals surface area contributed by atoms with Gasteiger partial charge in [-0.25, -0.2) is 0 Å². The first-order valence-corrected chi connectivity index (χ1v) is 5.34. The van der Waals surface area contributed by atoms with Crippen LogP contribution in [-0.2, 0) is 0 Å². The Labute approximate surface area is 152 Å². The molecule has 0 fully saturated rings. The van der Waals surface area contributed by atoms with Crippen LogP contribution in [0.25, 0.3) is 0 Å². The summed E-state index contributed by atoms with van der Waals surface area (Å²) in [5.74, 6) is 1.52. The maximum atomic E-state index is 4.05. The fourth-order valence-electron chi connectivity index (χ4n) is 1.49. The summed E-state index contributed by atoms with van der Waals surface area (Å²) < 4.78 is 0. The summed E-state index contributed by atoms with van der Waals surface area (Å²) >= 11 is 0. The van der Waals surface area contributed by atoms with Gasteiger partial charge in [-0.1, -0.05) is 38.5 Å². The summed E-state index contributed by atoms with van der Waals surface area (Å²) in [6.45, 7) is 14.5. The van der Waals surface area contributed by atoms with Crippen molar-refractivity contribution in [1.29, 1.82) is 0 Å². The quantitative estimate of drug-likeness (QED) is 0.240. The normalized spacial score (nSPS) is 10.5. The number of hydrogen-bond donors (Lipinski definition) is 0. The second-order valence-electron chi connectivity index (χ2n) is 4.38. The Bertz CT molecular complexity index is 167. The van der Waals surface area contributed by atoms with Gasteiger partial charge in [-0.3, -0.25) is 0 Å². The first kappa shape index (κ1) is 26.3. The summed E-state index contributed by atoms with van der Waals surface area (Å²) in [5.41, 5.74) is 1.34. The van der Waals surface area contributed by atoms with Crippen LogP contribution in [0, 0.1) is 11.8 Å². The third kappa shape index (κ3) is 15.7. The van der Waals surface area contributed by atoms with Gasteiger partial charge in [-0.05, 0) is 38.0 Å². The number of halogens is 2. The third-order valence-corrected chi connectivity index (χ3v) is 2.51. The van der Waals surface area contributed by atoms with E-state index in [1.807, 2.05) is 6.08 Å². The number of allylic oxidation sites excluding steroid dienone is 2. The van der Waals surface area contributed by atoms with Gasteiger partial charge in [0, 0.05) is 0 Å². The molecule has 0 bridgehead atoms. The van der Waals surface area contributed by atoms with Gasteiger partial charge in [-0.2, -0.15) is 0 Å². The molecule has 1 atom stereocenters. The summed E-state index contributed by atoms with van der Waals surface area (Å²) in [4.78, 5) is 0. The molecule has 0 aliphatic rings. The van der Waals surface area contributed by atoms with Crippen LogP contribution >= 0.6 is 0 Å². The average molecular weight is 458 g/mol. The van der Waals surface area contributed by atoms with E-state index in [0.717, 1.165) is 12.3 Å². The average Bonchev–Trinajstić information content (AvgIpc) is 2.03. The summed E-state index contributed by atoms with van der Waals surface area (Å²) in [6.07, 6.45) is 6.96. The fourth-order valence-corrected chi connectivity index (χ4v) is 1.49. The maximum Gasteiger partial charge on any atom is 2.00 e. The molecular weight excluding hydrogens is 434 g/mol. The van der Waals surface area contributed by atoms with E-state index < -0.39 is 0 Å². The molecule has 0 nitrogen and oxygen atoms in total. The molecule has 16 heavy (non-hydrogen) atoms. The molecule has 0 aliphatic heterocycles. The number of rotatable bonds is 7. The van der Waals surface area contributed by atoms with Crippen molar-refractivity contribution in [2.75, 3.05) is 0 Å². The molecule has 0 N–H and O–H groups in total. The first-order chi connectivity index (χ1) is 6.07. The maximum absolute atomic E-state index is 4.05. The molecule has 0 saturated heterocycles. The van der Waals surface area contributed by atoms with Crippen LogP contribution in [0.5, 0.6) is 0 Å². The van der Waals surface area contributed by atoms with Crippen LogP contribution in [0.1, 0.15) is 46.5 Å². The molecule has 0 spiro atoms. The molecular formula is C13H24I2Mg. The molecule has 92 valence electrons. The van der Waals surface area contributed by atoms with Crippen LogP contribution < -0.4 is 48.0 Å². The van der Waals surface area contributed by atoms with Crippen molar-refractivity contribution in [3.8, 4) is 0 Å². The van der Waals surface area contributed by atoms with E-state index in [1.165, 1.54) is 24.8 Å². The van der Waals surface area contributed by atoms with E-state index in [-0.39, 0.29) is 71.0 Å². The van der Waals surface area contributed by atoms with Crippen molar-refractivity contribution >= 4 is 23.1 Å². The van der Waals surface area contributed by atoms with E-state index in [0.29, 0.717) is 5.92 Å². The Balaban J connectivity index is -0.000000240. The molecule has 0 aromatic rings. The molecule has 0 aromatic carbocycles. The van der Waals surface area contributed by atoms with Crippen LogP contribution in [0.15, 0.2) is 24.8 Å². The van der Waals surface area contributed by atoms with Gasteiger partial charge < -0.3 is 48.0 Å². The molecule has 0 rings (SSSR count). The summed E-state index contributed by atoms with van der Waals surface area (Å²) in [5, 5.41) is 0. The van der Waals surface area contributed by atoms with Gasteiger partial charge in [0.15, 0.2) is 0 Å². The zero-order valence-electron chi connectivity index (χ0n) is 10.9. The van der Waals surface area contributed by atoms with Gasteiger partial charge in [0.05, 0.1) is 0 Å². The standard InChI is InChI=1S/C13H24.2HI.Mg/c1-6-7-8-13(12(4)5)10-9-11(2)3;;;/h6,11,13H,1,4,7-10H2,2-3,5H3;2*1H;/q;;;+2/p-2. The minimum atomic E-state index is 0. The van der Waals surface area contributed by atoms with Crippen LogP contribution in [0.4, 0.5) is 0 Å². The topological polar surface area (TPSA) is 0 Å². The van der Waals surface area contributed by atoms with E-state index >= 15 is 0 Å². The summed E-state index contributed by atoms with van der Waals surface area (Å²) in [6, 6.07) is 0. The Morgan fingerprint density at radius 3 is 1.94 bits per heavy atom. The first-order valence-electron chi connectivity index (χ1n) is 5.34. The van der Waals surface area contributed by atoms with Gasteiger partial charge in [0.2, 0.25) is 0 Å². The smallest absolute Gasteiger partial charge is 1.00 e. The van der Waals surface area contributed by atoms with Crippen molar-refractivity contribution in [2.45, 2.75) is 46.5 Å². The Hall–Kier alpha value is 1.71. The molecule has 0 amide bonds.